The van der Waals surface area contributed by atoms with E-state index in [0.717, 1.165) is 32.0 Å². The Hall–Kier alpha value is -1.64. The molecule has 1 aromatic carbocycles. The average molecular weight is 234 g/mol. The summed E-state index contributed by atoms with van der Waals surface area (Å²) in [5.41, 5.74) is 0.577. The van der Waals surface area contributed by atoms with E-state index in [9.17, 15) is 9.59 Å². The van der Waals surface area contributed by atoms with Crippen LogP contribution in [0.15, 0.2) is 24.3 Å². The van der Waals surface area contributed by atoms with Gasteiger partial charge in [-0.3, -0.25) is 9.59 Å². The Labute approximate surface area is 102 Å². The van der Waals surface area contributed by atoms with Crippen molar-refractivity contribution in [2.24, 2.45) is 0 Å². The second-order valence-electron chi connectivity index (χ2n) is 3.97. The van der Waals surface area contributed by atoms with E-state index in [1.807, 2.05) is 0 Å². The summed E-state index contributed by atoms with van der Waals surface area (Å²) in [6.45, 7) is 2.13. The fourth-order valence-corrected chi connectivity index (χ4v) is 1.49. The third kappa shape index (κ3) is 5.29. The molecule has 0 spiro atoms. The van der Waals surface area contributed by atoms with E-state index in [1.165, 1.54) is 0 Å². The number of hydrogen-bond acceptors (Lipinski definition) is 3. The Morgan fingerprint density at radius 1 is 1.18 bits per heavy atom. The van der Waals surface area contributed by atoms with Crippen LogP contribution >= 0.6 is 0 Å². The molecule has 0 bridgehead atoms. The van der Waals surface area contributed by atoms with Gasteiger partial charge in [0.15, 0.2) is 0 Å². The highest BCUT2D eigenvalue weighted by Crippen LogP contribution is 2.13. The first-order valence-corrected chi connectivity index (χ1v) is 6.02. The zero-order valence-electron chi connectivity index (χ0n) is 10.1. The van der Waals surface area contributed by atoms with Crippen molar-refractivity contribution >= 4 is 12.3 Å². The molecule has 0 atom stereocenters. The molecule has 92 valence electrons. The molecule has 0 saturated carbocycles. The number of benzene rings is 1. The van der Waals surface area contributed by atoms with Gasteiger partial charge in [0.2, 0.25) is 0 Å². The largest absolute Gasteiger partial charge is 0.427 e. The SMILES string of the molecule is CCCCCCC(=O)Oc1ccc(C=O)cc1. The predicted molar refractivity (Wildman–Crippen MR) is 66.2 cm³/mol. The van der Waals surface area contributed by atoms with Gasteiger partial charge in [0.25, 0.3) is 0 Å². The summed E-state index contributed by atoms with van der Waals surface area (Å²) >= 11 is 0. The summed E-state index contributed by atoms with van der Waals surface area (Å²) in [5.74, 6) is 0.288. The molecule has 3 heteroatoms. The van der Waals surface area contributed by atoms with Crippen LogP contribution in [0.2, 0.25) is 0 Å². The molecule has 0 aliphatic carbocycles. The summed E-state index contributed by atoms with van der Waals surface area (Å²) in [7, 11) is 0. The lowest BCUT2D eigenvalue weighted by atomic mass is 10.1. The molecule has 17 heavy (non-hydrogen) atoms. The van der Waals surface area contributed by atoms with Crippen LogP contribution in [0.25, 0.3) is 0 Å². The van der Waals surface area contributed by atoms with Crippen LogP contribution in [0.1, 0.15) is 49.4 Å². The highest BCUT2D eigenvalue weighted by Gasteiger charge is 2.04. The predicted octanol–water partition coefficient (Wildman–Crippen LogP) is 3.37. The Morgan fingerprint density at radius 3 is 2.47 bits per heavy atom. The van der Waals surface area contributed by atoms with Gasteiger partial charge in [-0.15, -0.1) is 0 Å². The van der Waals surface area contributed by atoms with Crippen molar-refractivity contribution in [2.75, 3.05) is 0 Å². The Kier molecular flexibility index (Phi) is 6.00. The number of esters is 1. The van der Waals surface area contributed by atoms with Crippen molar-refractivity contribution in [1.82, 2.24) is 0 Å². The maximum Gasteiger partial charge on any atom is 0.311 e. The van der Waals surface area contributed by atoms with Gasteiger partial charge in [-0.2, -0.15) is 0 Å². The number of hydrogen-bond donors (Lipinski definition) is 0. The minimum absolute atomic E-state index is 0.208. The lowest BCUT2D eigenvalue weighted by Gasteiger charge is -2.04. The van der Waals surface area contributed by atoms with Crippen molar-refractivity contribution in [3.8, 4) is 5.75 Å². The molecule has 0 unspecified atom stereocenters. The molecule has 0 amide bonds. The van der Waals surface area contributed by atoms with Crippen LogP contribution < -0.4 is 4.74 Å². The van der Waals surface area contributed by atoms with E-state index >= 15 is 0 Å². The van der Waals surface area contributed by atoms with Crippen LogP contribution in [-0.4, -0.2) is 12.3 Å². The molecule has 0 aromatic heterocycles. The minimum Gasteiger partial charge on any atom is -0.427 e. The van der Waals surface area contributed by atoms with E-state index < -0.39 is 0 Å². The topological polar surface area (TPSA) is 43.4 Å². The number of rotatable bonds is 7. The molecule has 1 rings (SSSR count). The van der Waals surface area contributed by atoms with Crippen LogP contribution in [0.5, 0.6) is 5.75 Å². The van der Waals surface area contributed by atoms with Crippen LogP contribution in [-0.2, 0) is 4.79 Å². The minimum atomic E-state index is -0.208. The first-order chi connectivity index (χ1) is 8.26. The lowest BCUT2D eigenvalue weighted by Crippen LogP contribution is -2.07. The van der Waals surface area contributed by atoms with Gasteiger partial charge in [-0.25, -0.2) is 0 Å². The smallest absolute Gasteiger partial charge is 0.311 e. The van der Waals surface area contributed by atoms with Gasteiger partial charge in [0.05, 0.1) is 0 Å². The number of carbonyl (C=O) groups excluding carboxylic acids is 2. The molecule has 3 nitrogen and oxygen atoms in total. The van der Waals surface area contributed by atoms with E-state index in [0.29, 0.717) is 17.7 Å². The van der Waals surface area contributed by atoms with E-state index in [4.69, 9.17) is 4.74 Å². The van der Waals surface area contributed by atoms with Crippen LogP contribution in [0, 0.1) is 0 Å². The Balaban J connectivity index is 2.32. The molecular weight excluding hydrogens is 216 g/mol. The Morgan fingerprint density at radius 2 is 1.88 bits per heavy atom. The van der Waals surface area contributed by atoms with Crippen molar-refractivity contribution in [3.63, 3.8) is 0 Å². The maximum absolute atomic E-state index is 11.4. The third-order valence-corrected chi connectivity index (χ3v) is 2.48. The maximum atomic E-state index is 11.4. The second kappa shape index (κ2) is 7.60. The van der Waals surface area contributed by atoms with E-state index in [2.05, 4.69) is 6.92 Å². The fourth-order valence-electron chi connectivity index (χ4n) is 1.49. The van der Waals surface area contributed by atoms with Gasteiger partial charge in [-0.1, -0.05) is 26.2 Å². The van der Waals surface area contributed by atoms with Gasteiger partial charge in [-0.05, 0) is 30.7 Å². The molecule has 0 heterocycles. The lowest BCUT2D eigenvalue weighted by molar-refractivity contribution is -0.134. The average Bonchev–Trinajstić information content (AvgIpc) is 2.36. The van der Waals surface area contributed by atoms with Gasteiger partial charge < -0.3 is 4.74 Å². The number of carbonyl (C=O) groups is 2. The van der Waals surface area contributed by atoms with Crippen LogP contribution in [0.3, 0.4) is 0 Å². The highest BCUT2D eigenvalue weighted by atomic mass is 16.5. The van der Waals surface area contributed by atoms with Crippen molar-refractivity contribution in [1.29, 1.82) is 0 Å². The molecule has 0 aliphatic rings. The second-order valence-corrected chi connectivity index (χ2v) is 3.97. The van der Waals surface area contributed by atoms with Crippen LogP contribution in [0.4, 0.5) is 0 Å². The first-order valence-electron chi connectivity index (χ1n) is 6.02. The molecule has 0 radical (unpaired) electrons. The third-order valence-electron chi connectivity index (χ3n) is 2.48. The van der Waals surface area contributed by atoms with Crippen molar-refractivity contribution < 1.29 is 14.3 Å². The number of ether oxygens (including phenoxy) is 1. The zero-order chi connectivity index (χ0) is 12.5. The Bertz CT molecular complexity index is 354. The van der Waals surface area contributed by atoms with Crippen molar-refractivity contribution in [2.45, 2.75) is 39.0 Å². The molecule has 1 aromatic rings. The quantitative estimate of drug-likeness (QED) is 0.314. The summed E-state index contributed by atoms with van der Waals surface area (Å²) in [4.78, 5) is 21.9. The highest BCUT2D eigenvalue weighted by molar-refractivity contribution is 5.76. The monoisotopic (exact) mass is 234 g/mol. The van der Waals surface area contributed by atoms with Gasteiger partial charge in [0, 0.05) is 12.0 Å². The first kappa shape index (κ1) is 13.4. The standard InChI is InChI=1S/C14H18O3/c1-2-3-4-5-6-14(16)17-13-9-7-12(11-15)8-10-13/h7-11H,2-6H2,1H3. The van der Waals surface area contributed by atoms with Gasteiger partial charge in [0.1, 0.15) is 12.0 Å². The van der Waals surface area contributed by atoms with E-state index in [1.54, 1.807) is 24.3 Å². The molecular formula is C14H18O3. The van der Waals surface area contributed by atoms with E-state index in [-0.39, 0.29) is 5.97 Å². The van der Waals surface area contributed by atoms with Gasteiger partial charge >= 0.3 is 5.97 Å². The summed E-state index contributed by atoms with van der Waals surface area (Å²) in [5, 5.41) is 0. The fraction of sp³-hybridized carbons (Fsp3) is 0.429. The molecule has 0 saturated heterocycles. The molecule has 0 N–H and O–H groups in total. The summed E-state index contributed by atoms with van der Waals surface area (Å²) in [6.07, 6.45) is 5.46. The zero-order valence-corrected chi connectivity index (χ0v) is 10.1. The molecule has 0 fully saturated rings. The van der Waals surface area contributed by atoms with Crippen molar-refractivity contribution in [3.05, 3.63) is 29.8 Å². The summed E-state index contributed by atoms with van der Waals surface area (Å²) < 4.78 is 5.14. The summed E-state index contributed by atoms with van der Waals surface area (Å²) in [6, 6.07) is 6.53. The number of unbranched alkanes of at least 4 members (excludes halogenated alkanes) is 3. The number of aldehydes is 1. The molecule has 0 aliphatic heterocycles. The normalized spacial score (nSPS) is 9.94.